The van der Waals surface area contributed by atoms with Crippen molar-refractivity contribution in [2.24, 2.45) is 0 Å². The second kappa shape index (κ2) is 3.56. The third-order valence-corrected chi connectivity index (χ3v) is 2.99. The predicted octanol–water partition coefficient (Wildman–Crippen LogP) is 1.03. The zero-order valence-corrected chi connectivity index (χ0v) is 7.93. The Morgan fingerprint density at radius 3 is 1.43 bits per heavy atom. The molecule has 1 aromatic rings. The van der Waals surface area contributed by atoms with Crippen LogP contribution in [0.4, 0.5) is 0 Å². The molecule has 1 aliphatic rings. The third kappa shape index (κ3) is 1.36. The van der Waals surface area contributed by atoms with E-state index in [4.69, 9.17) is 31.4 Å². The lowest BCUT2D eigenvalue weighted by molar-refractivity contribution is 0.647. The van der Waals surface area contributed by atoms with Gasteiger partial charge in [0.2, 0.25) is 0 Å². The zero-order chi connectivity index (χ0) is 10.3. The minimum atomic E-state index is -0.264. The van der Waals surface area contributed by atoms with Crippen molar-refractivity contribution in [2.45, 2.75) is 23.3 Å². The van der Waals surface area contributed by atoms with E-state index in [-0.39, 0.29) is 23.3 Å². The molecular formula is C10H8B4. The van der Waals surface area contributed by atoms with E-state index in [0.717, 1.165) is 11.1 Å². The quantitative estimate of drug-likeness (QED) is 0.512. The summed E-state index contributed by atoms with van der Waals surface area (Å²) in [4.78, 5) is 0. The molecule has 0 aromatic heterocycles. The molecule has 0 nitrogen and oxygen atoms in total. The van der Waals surface area contributed by atoms with Crippen molar-refractivity contribution in [1.82, 2.24) is 0 Å². The Morgan fingerprint density at radius 2 is 1.07 bits per heavy atom. The van der Waals surface area contributed by atoms with Crippen molar-refractivity contribution in [3.8, 4) is 0 Å². The van der Waals surface area contributed by atoms with Gasteiger partial charge in [-0.1, -0.05) is 58.7 Å². The normalized spacial score (nSPS) is 36.3. The first-order valence-electron chi connectivity index (χ1n) is 4.74. The third-order valence-electron chi connectivity index (χ3n) is 2.99. The first-order chi connectivity index (χ1) is 6.63. The fourth-order valence-electron chi connectivity index (χ4n) is 2.01. The molecule has 0 bridgehead atoms. The molecule has 4 heteroatoms. The molecule has 0 N–H and O–H groups in total. The van der Waals surface area contributed by atoms with E-state index in [0.29, 0.717) is 0 Å². The standard InChI is InChI=1S/C10H8B4/c11-7-5-3-1-2-4-6(5)8(12)10(14)9(7)13/h1-4,7-10H. The van der Waals surface area contributed by atoms with Crippen LogP contribution in [0.5, 0.6) is 0 Å². The fraction of sp³-hybridized carbons (Fsp3) is 0.400. The lowest BCUT2D eigenvalue weighted by atomic mass is 9.43. The summed E-state index contributed by atoms with van der Waals surface area (Å²) >= 11 is 0. The number of fused-ring (bicyclic) bond motifs is 1. The van der Waals surface area contributed by atoms with Gasteiger partial charge in [-0.25, -0.2) is 0 Å². The van der Waals surface area contributed by atoms with Crippen LogP contribution in [0, 0.1) is 0 Å². The van der Waals surface area contributed by atoms with Gasteiger partial charge in [0.05, 0.1) is 31.4 Å². The molecule has 0 saturated carbocycles. The molecule has 8 radical (unpaired) electrons. The molecule has 14 heavy (non-hydrogen) atoms. The second-order valence-electron chi connectivity index (χ2n) is 3.84. The SMILES string of the molecule is [B]C1c2ccccc2C([B])C([B])C1[B]. The van der Waals surface area contributed by atoms with Gasteiger partial charge in [-0.05, 0) is 0 Å². The van der Waals surface area contributed by atoms with Crippen LogP contribution in [-0.2, 0) is 0 Å². The lowest BCUT2D eigenvalue weighted by Crippen LogP contribution is -2.26. The van der Waals surface area contributed by atoms with Crippen LogP contribution in [-0.4, -0.2) is 31.4 Å². The van der Waals surface area contributed by atoms with Gasteiger partial charge in [0, 0.05) is 0 Å². The van der Waals surface area contributed by atoms with Gasteiger partial charge >= 0.3 is 0 Å². The first-order valence-corrected chi connectivity index (χ1v) is 4.74. The summed E-state index contributed by atoms with van der Waals surface area (Å²) in [6.45, 7) is 0. The van der Waals surface area contributed by atoms with Gasteiger partial charge in [0.1, 0.15) is 0 Å². The molecule has 0 fully saturated rings. The number of rotatable bonds is 0. The van der Waals surface area contributed by atoms with Crippen LogP contribution in [0.25, 0.3) is 0 Å². The average Bonchev–Trinajstić information content (AvgIpc) is 2.23. The highest BCUT2D eigenvalue weighted by molar-refractivity contribution is 6.31. The maximum Gasteiger partial charge on any atom is 0.0757 e. The summed E-state index contributed by atoms with van der Waals surface area (Å²) in [6, 6.07) is 7.81. The minimum Gasteiger partial charge on any atom is -0.0834 e. The predicted molar refractivity (Wildman–Crippen MR) is 62.4 cm³/mol. The van der Waals surface area contributed by atoms with Gasteiger partial charge < -0.3 is 0 Å². The first kappa shape index (κ1) is 10.0. The summed E-state index contributed by atoms with van der Waals surface area (Å²) < 4.78 is 0. The summed E-state index contributed by atoms with van der Waals surface area (Å²) in [7, 11) is 23.8. The summed E-state index contributed by atoms with van der Waals surface area (Å²) in [5.41, 5.74) is 2.04. The van der Waals surface area contributed by atoms with Gasteiger partial charge in [0.25, 0.3) is 0 Å². The van der Waals surface area contributed by atoms with E-state index in [1.807, 2.05) is 24.3 Å². The van der Waals surface area contributed by atoms with Crippen molar-refractivity contribution >= 4 is 31.4 Å². The Kier molecular flexibility index (Phi) is 2.55. The Bertz CT molecular complexity index is 306. The van der Waals surface area contributed by atoms with E-state index in [9.17, 15) is 0 Å². The maximum atomic E-state index is 5.98. The van der Waals surface area contributed by atoms with E-state index in [2.05, 4.69) is 0 Å². The summed E-state index contributed by atoms with van der Waals surface area (Å²) in [5, 5.41) is 0. The molecule has 0 spiro atoms. The van der Waals surface area contributed by atoms with E-state index in [1.54, 1.807) is 0 Å². The van der Waals surface area contributed by atoms with Crippen molar-refractivity contribution in [2.75, 3.05) is 0 Å². The van der Waals surface area contributed by atoms with Gasteiger partial charge in [-0.3, -0.25) is 0 Å². The lowest BCUT2D eigenvalue weighted by Gasteiger charge is -2.40. The number of hydrogen-bond acceptors (Lipinski definition) is 0. The largest absolute Gasteiger partial charge is 0.0834 e. The molecule has 0 heterocycles. The summed E-state index contributed by atoms with van der Waals surface area (Å²) in [5.74, 6) is -0.943. The van der Waals surface area contributed by atoms with Crippen LogP contribution >= 0.6 is 0 Å². The highest BCUT2D eigenvalue weighted by atomic mass is 14.3. The minimum absolute atomic E-state index is 0.207. The summed E-state index contributed by atoms with van der Waals surface area (Å²) in [6.07, 6.45) is 0. The highest BCUT2D eigenvalue weighted by Gasteiger charge is 2.31. The van der Waals surface area contributed by atoms with Crippen molar-refractivity contribution in [1.29, 1.82) is 0 Å². The van der Waals surface area contributed by atoms with Crippen molar-refractivity contribution in [3.05, 3.63) is 35.4 Å². The Morgan fingerprint density at radius 1 is 0.714 bits per heavy atom. The molecular weight excluding hydrogens is 163 g/mol. The Balaban J connectivity index is 2.51. The van der Waals surface area contributed by atoms with Gasteiger partial charge in [0.15, 0.2) is 0 Å². The topological polar surface area (TPSA) is 0 Å². The molecule has 0 amide bonds. The molecule has 60 valence electrons. The van der Waals surface area contributed by atoms with Gasteiger partial charge in [-0.2, -0.15) is 0 Å². The van der Waals surface area contributed by atoms with E-state index >= 15 is 0 Å². The fourth-order valence-corrected chi connectivity index (χ4v) is 2.01. The second-order valence-corrected chi connectivity index (χ2v) is 3.84. The van der Waals surface area contributed by atoms with Crippen molar-refractivity contribution < 1.29 is 0 Å². The molecule has 1 aromatic carbocycles. The number of benzene rings is 1. The van der Waals surface area contributed by atoms with E-state index < -0.39 is 0 Å². The van der Waals surface area contributed by atoms with Crippen molar-refractivity contribution in [3.63, 3.8) is 0 Å². The average molecular weight is 171 g/mol. The monoisotopic (exact) mass is 172 g/mol. The van der Waals surface area contributed by atoms with Crippen LogP contribution in [0.3, 0.4) is 0 Å². The van der Waals surface area contributed by atoms with E-state index in [1.165, 1.54) is 0 Å². The van der Waals surface area contributed by atoms with Crippen LogP contribution < -0.4 is 0 Å². The van der Waals surface area contributed by atoms with Crippen LogP contribution in [0.2, 0.25) is 11.6 Å². The van der Waals surface area contributed by atoms with Crippen LogP contribution in [0.15, 0.2) is 24.3 Å². The Hall–Kier alpha value is -0.520. The molecule has 4 unspecified atom stereocenters. The smallest absolute Gasteiger partial charge is 0.0757 e. The Labute approximate surface area is 90.5 Å². The van der Waals surface area contributed by atoms with Crippen LogP contribution in [0.1, 0.15) is 22.8 Å². The van der Waals surface area contributed by atoms with Gasteiger partial charge in [-0.15, -0.1) is 0 Å². The molecule has 0 aliphatic heterocycles. The zero-order valence-electron chi connectivity index (χ0n) is 7.93. The highest BCUT2D eigenvalue weighted by Crippen LogP contribution is 2.47. The number of hydrogen-bond donors (Lipinski definition) is 0. The molecule has 4 atom stereocenters. The molecule has 2 rings (SSSR count). The molecule has 0 saturated heterocycles. The molecule has 1 aliphatic carbocycles. The maximum absolute atomic E-state index is 5.98.